The average Bonchev–Trinajstić information content (AvgIpc) is 3.03. The van der Waals surface area contributed by atoms with Crippen LogP contribution < -0.4 is 0 Å². The van der Waals surface area contributed by atoms with Gasteiger partial charge < -0.3 is 4.52 Å². The first-order chi connectivity index (χ1) is 12.4. The number of aryl methyl sites for hydroxylation is 2. The first-order valence-corrected chi connectivity index (χ1v) is 9.57. The molecule has 0 unspecified atom stereocenters. The van der Waals surface area contributed by atoms with Gasteiger partial charge in [-0.25, -0.2) is 18.4 Å². The number of benzene rings is 1. The van der Waals surface area contributed by atoms with Gasteiger partial charge in [0.1, 0.15) is 0 Å². The predicted octanol–water partition coefficient (Wildman–Crippen LogP) is 1.93. The van der Waals surface area contributed by atoms with E-state index in [0.29, 0.717) is 35.5 Å². The Morgan fingerprint density at radius 1 is 1.12 bits per heavy atom. The van der Waals surface area contributed by atoms with Crippen LogP contribution in [0, 0.1) is 13.8 Å². The van der Waals surface area contributed by atoms with Gasteiger partial charge in [-0.15, -0.1) is 0 Å². The second kappa shape index (κ2) is 6.26. The zero-order valence-corrected chi connectivity index (χ0v) is 15.1. The Morgan fingerprint density at radius 3 is 2.54 bits per heavy atom. The van der Waals surface area contributed by atoms with Crippen molar-refractivity contribution >= 4 is 10.0 Å². The largest absolute Gasteiger partial charge is 0.338 e. The van der Waals surface area contributed by atoms with Gasteiger partial charge in [-0.2, -0.15) is 9.29 Å². The van der Waals surface area contributed by atoms with Crippen LogP contribution in [0.4, 0.5) is 0 Å². The molecule has 3 aromatic rings. The van der Waals surface area contributed by atoms with Crippen LogP contribution in [0.5, 0.6) is 0 Å². The lowest BCUT2D eigenvalue weighted by molar-refractivity contribution is 0.216. The van der Waals surface area contributed by atoms with Gasteiger partial charge in [0.05, 0.1) is 10.8 Å². The Labute approximate surface area is 151 Å². The lowest BCUT2D eigenvalue weighted by atomic mass is 10.0. The van der Waals surface area contributed by atoms with E-state index >= 15 is 0 Å². The lowest BCUT2D eigenvalue weighted by Crippen LogP contribution is -2.48. The van der Waals surface area contributed by atoms with Crippen LogP contribution in [0.1, 0.15) is 22.9 Å². The van der Waals surface area contributed by atoms with Crippen LogP contribution in [-0.4, -0.2) is 45.9 Å². The van der Waals surface area contributed by atoms with Gasteiger partial charge in [-0.1, -0.05) is 22.9 Å². The van der Waals surface area contributed by atoms with Gasteiger partial charge in [0.25, 0.3) is 0 Å². The van der Waals surface area contributed by atoms with Gasteiger partial charge >= 0.3 is 0 Å². The minimum atomic E-state index is -3.52. The van der Waals surface area contributed by atoms with E-state index in [0.717, 1.165) is 11.1 Å². The molecule has 0 N–H and O–H groups in total. The van der Waals surface area contributed by atoms with E-state index in [4.69, 9.17) is 4.52 Å². The molecule has 26 heavy (non-hydrogen) atoms. The maximum Gasteiger partial charge on any atom is 0.243 e. The average molecular weight is 371 g/mol. The van der Waals surface area contributed by atoms with Gasteiger partial charge in [0.15, 0.2) is 0 Å². The molecule has 0 atom stereocenters. The molecule has 0 spiro atoms. The molecule has 0 aliphatic carbocycles. The Morgan fingerprint density at radius 2 is 1.85 bits per heavy atom. The summed E-state index contributed by atoms with van der Waals surface area (Å²) in [6.07, 6.45) is 3.19. The molecule has 4 rings (SSSR count). The fraction of sp³-hybridized carbons (Fsp3) is 0.294. The standard InChI is InChI=1S/C17H17N5O3S/c1-11-4-5-14(12(2)8-11)26(23,24)22-9-13(10-22)17-20-16(21-25-17)15-18-6-3-7-19-15/h3-8,13H,9-10H2,1-2H3. The van der Waals surface area contributed by atoms with Gasteiger partial charge in [0, 0.05) is 25.5 Å². The van der Waals surface area contributed by atoms with Crippen molar-refractivity contribution in [3.05, 3.63) is 53.7 Å². The summed E-state index contributed by atoms with van der Waals surface area (Å²) in [5, 5.41) is 3.88. The van der Waals surface area contributed by atoms with Crippen LogP contribution in [0.25, 0.3) is 11.6 Å². The van der Waals surface area contributed by atoms with Crippen molar-refractivity contribution in [2.24, 2.45) is 0 Å². The number of sulfonamides is 1. The molecule has 8 nitrogen and oxygen atoms in total. The summed E-state index contributed by atoms with van der Waals surface area (Å²) in [4.78, 5) is 12.8. The molecule has 0 radical (unpaired) electrons. The highest BCUT2D eigenvalue weighted by Gasteiger charge is 2.41. The number of hydrogen-bond acceptors (Lipinski definition) is 7. The highest BCUT2D eigenvalue weighted by atomic mass is 32.2. The molecule has 0 amide bonds. The molecule has 3 heterocycles. The maximum atomic E-state index is 12.8. The normalized spacial score (nSPS) is 15.8. The van der Waals surface area contributed by atoms with Crippen molar-refractivity contribution in [1.29, 1.82) is 0 Å². The number of rotatable bonds is 4. The van der Waals surface area contributed by atoms with Crippen molar-refractivity contribution in [1.82, 2.24) is 24.4 Å². The topological polar surface area (TPSA) is 102 Å². The monoisotopic (exact) mass is 371 g/mol. The number of nitrogens with zero attached hydrogens (tertiary/aromatic N) is 5. The summed E-state index contributed by atoms with van der Waals surface area (Å²) in [6.45, 7) is 4.37. The van der Waals surface area contributed by atoms with E-state index in [9.17, 15) is 8.42 Å². The molecule has 134 valence electrons. The second-order valence-electron chi connectivity index (χ2n) is 6.32. The van der Waals surface area contributed by atoms with Crippen LogP contribution in [0.2, 0.25) is 0 Å². The van der Waals surface area contributed by atoms with Gasteiger partial charge in [0.2, 0.25) is 27.6 Å². The highest BCUT2D eigenvalue weighted by molar-refractivity contribution is 7.89. The third-order valence-electron chi connectivity index (χ3n) is 4.35. The fourth-order valence-corrected chi connectivity index (χ4v) is 4.66. The predicted molar refractivity (Wildman–Crippen MR) is 92.7 cm³/mol. The number of hydrogen-bond donors (Lipinski definition) is 0. The molecular weight excluding hydrogens is 354 g/mol. The third-order valence-corrected chi connectivity index (χ3v) is 6.34. The summed E-state index contributed by atoms with van der Waals surface area (Å²) in [6, 6.07) is 7.03. The van der Waals surface area contributed by atoms with E-state index in [-0.39, 0.29) is 5.92 Å². The van der Waals surface area contributed by atoms with Crippen LogP contribution in [0.15, 0.2) is 46.1 Å². The lowest BCUT2D eigenvalue weighted by Gasteiger charge is -2.36. The summed E-state index contributed by atoms with van der Waals surface area (Å²) >= 11 is 0. The van der Waals surface area contributed by atoms with Crippen LogP contribution in [-0.2, 0) is 10.0 Å². The van der Waals surface area contributed by atoms with Crippen molar-refractivity contribution in [3.8, 4) is 11.6 Å². The molecular formula is C17H17N5O3S. The molecule has 0 bridgehead atoms. The van der Waals surface area contributed by atoms with Crippen molar-refractivity contribution < 1.29 is 12.9 Å². The minimum absolute atomic E-state index is 0.125. The quantitative estimate of drug-likeness (QED) is 0.690. The van der Waals surface area contributed by atoms with Crippen LogP contribution >= 0.6 is 0 Å². The smallest absolute Gasteiger partial charge is 0.243 e. The van der Waals surface area contributed by atoms with E-state index in [1.807, 2.05) is 13.0 Å². The zero-order valence-electron chi connectivity index (χ0n) is 14.3. The molecule has 1 fully saturated rings. The third kappa shape index (κ3) is 2.89. The van der Waals surface area contributed by atoms with Gasteiger partial charge in [-0.05, 0) is 31.5 Å². The Balaban J connectivity index is 1.49. The first-order valence-electron chi connectivity index (χ1n) is 8.13. The van der Waals surface area contributed by atoms with Crippen LogP contribution in [0.3, 0.4) is 0 Å². The summed E-state index contributed by atoms with van der Waals surface area (Å²) in [5.74, 6) is 0.956. The minimum Gasteiger partial charge on any atom is -0.338 e. The first kappa shape index (κ1) is 16.8. The van der Waals surface area contributed by atoms with E-state index in [1.165, 1.54) is 4.31 Å². The maximum absolute atomic E-state index is 12.8. The summed E-state index contributed by atoms with van der Waals surface area (Å²) < 4.78 is 32.3. The number of aromatic nitrogens is 4. The molecule has 9 heteroatoms. The molecule has 2 aromatic heterocycles. The van der Waals surface area contributed by atoms with E-state index < -0.39 is 10.0 Å². The highest BCUT2D eigenvalue weighted by Crippen LogP contribution is 2.32. The Bertz CT molecular complexity index is 1040. The summed E-state index contributed by atoms with van der Waals surface area (Å²) in [5.41, 5.74) is 1.78. The molecule has 0 saturated carbocycles. The van der Waals surface area contributed by atoms with E-state index in [2.05, 4.69) is 20.1 Å². The molecule has 1 saturated heterocycles. The molecule has 1 aromatic carbocycles. The van der Waals surface area contributed by atoms with Gasteiger partial charge in [-0.3, -0.25) is 0 Å². The van der Waals surface area contributed by atoms with E-state index in [1.54, 1.807) is 37.5 Å². The van der Waals surface area contributed by atoms with Crippen molar-refractivity contribution in [2.75, 3.05) is 13.1 Å². The Kier molecular flexibility index (Phi) is 4.04. The second-order valence-corrected chi connectivity index (χ2v) is 8.22. The zero-order chi connectivity index (χ0) is 18.3. The van der Waals surface area contributed by atoms with Crippen molar-refractivity contribution in [2.45, 2.75) is 24.7 Å². The summed E-state index contributed by atoms with van der Waals surface area (Å²) in [7, 11) is -3.52. The molecule has 1 aliphatic rings. The fourth-order valence-electron chi connectivity index (χ4n) is 2.92. The molecule has 1 aliphatic heterocycles. The SMILES string of the molecule is Cc1ccc(S(=O)(=O)N2CC(c3nc(-c4ncccn4)no3)C2)c(C)c1. The Hall–Kier alpha value is -2.65. The van der Waals surface area contributed by atoms with Crippen molar-refractivity contribution in [3.63, 3.8) is 0 Å².